The van der Waals surface area contributed by atoms with Gasteiger partial charge in [-0.25, -0.2) is 0 Å². The van der Waals surface area contributed by atoms with E-state index in [9.17, 15) is 4.79 Å². The molecule has 0 aliphatic rings. The largest absolute Gasteiger partial charge is 0.378 e. The first-order chi connectivity index (χ1) is 9.90. The van der Waals surface area contributed by atoms with Crippen molar-refractivity contribution >= 4 is 46.4 Å². The van der Waals surface area contributed by atoms with E-state index in [4.69, 9.17) is 40.5 Å². The first-order valence-corrected chi connectivity index (χ1v) is 7.33. The Kier molecular flexibility index (Phi) is 4.99. The van der Waals surface area contributed by atoms with Crippen LogP contribution in [0.5, 0.6) is 0 Å². The van der Waals surface area contributed by atoms with Crippen molar-refractivity contribution in [2.24, 2.45) is 5.73 Å². The number of nitrogens with one attached hydrogen (secondary N) is 1. The molecule has 3 nitrogen and oxygen atoms in total. The molecule has 0 fully saturated rings. The van der Waals surface area contributed by atoms with Crippen LogP contribution in [0.3, 0.4) is 0 Å². The monoisotopic (exact) mass is 342 g/mol. The third-order valence-corrected chi connectivity index (χ3v) is 4.37. The Balaban J connectivity index is 2.26. The highest BCUT2D eigenvalue weighted by Gasteiger charge is 2.14. The number of nitrogens with two attached hydrogens (primary N) is 1. The molecule has 0 heterocycles. The molecule has 2 rings (SSSR count). The molecule has 6 heteroatoms. The Hall–Kier alpha value is -1.42. The second kappa shape index (κ2) is 6.56. The lowest BCUT2D eigenvalue weighted by Crippen LogP contribution is -2.12. The standard InChI is InChI=1S/C15H13Cl3N2O/c1-8(11-5-6-12(16)14(18)13(11)17)20-10-4-2-3-9(7-10)15(19)21/h2-8,20H,1H3,(H2,19,21). The number of amides is 1. The molecule has 1 unspecified atom stereocenters. The van der Waals surface area contributed by atoms with Gasteiger partial charge in [0, 0.05) is 11.3 Å². The average Bonchev–Trinajstić information content (AvgIpc) is 2.45. The zero-order chi connectivity index (χ0) is 15.6. The summed E-state index contributed by atoms with van der Waals surface area (Å²) >= 11 is 18.2. The molecule has 1 amide bonds. The van der Waals surface area contributed by atoms with Crippen LogP contribution in [-0.2, 0) is 0 Å². The van der Waals surface area contributed by atoms with Crippen molar-refractivity contribution in [3.63, 3.8) is 0 Å². The van der Waals surface area contributed by atoms with Gasteiger partial charge in [-0.1, -0.05) is 46.9 Å². The summed E-state index contributed by atoms with van der Waals surface area (Å²) in [6, 6.07) is 10.3. The molecular weight excluding hydrogens is 331 g/mol. The van der Waals surface area contributed by atoms with E-state index in [1.807, 2.05) is 19.1 Å². The van der Waals surface area contributed by atoms with Crippen molar-refractivity contribution in [3.05, 3.63) is 62.6 Å². The van der Waals surface area contributed by atoms with Gasteiger partial charge in [0.05, 0.1) is 21.1 Å². The Bertz CT molecular complexity index is 689. The lowest BCUT2D eigenvalue weighted by atomic mass is 10.1. The van der Waals surface area contributed by atoms with E-state index in [0.717, 1.165) is 11.3 Å². The zero-order valence-corrected chi connectivity index (χ0v) is 13.4. The normalized spacial score (nSPS) is 12.0. The van der Waals surface area contributed by atoms with E-state index in [1.165, 1.54) is 0 Å². The summed E-state index contributed by atoms with van der Waals surface area (Å²) in [4.78, 5) is 11.2. The lowest BCUT2D eigenvalue weighted by molar-refractivity contribution is 0.100. The molecule has 0 aliphatic carbocycles. The molecule has 0 saturated carbocycles. The van der Waals surface area contributed by atoms with Gasteiger partial charge in [-0.15, -0.1) is 0 Å². The minimum Gasteiger partial charge on any atom is -0.378 e. The van der Waals surface area contributed by atoms with E-state index in [0.29, 0.717) is 20.6 Å². The van der Waals surface area contributed by atoms with Crippen LogP contribution >= 0.6 is 34.8 Å². The molecule has 0 aliphatic heterocycles. The summed E-state index contributed by atoms with van der Waals surface area (Å²) in [5.41, 5.74) is 7.28. The maximum atomic E-state index is 11.2. The molecule has 0 bridgehead atoms. The Morgan fingerprint density at radius 3 is 2.52 bits per heavy atom. The number of rotatable bonds is 4. The van der Waals surface area contributed by atoms with E-state index in [1.54, 1.807) is 24.3 Å². The average molecular weight is 344 g/mol. The van der Waals surface area contributed by atoms with E-state index < -0.39 is 5.91 Å². The van der Waals surface area contributed by atoms with Crippen molar-refractivity contribution in [1.82, 2.24) is 0 Å². The molecule has 0 aromatic heterocycles. The first-order valence-electron chi connectivity index (χ1n) is 6.20. The van der Waals surface area contributed by atoms with Crippen molar-refractivity contribution in [2.75, 3.05) is 5.32 Å². The Labute approximate surface area is 138 Å². The van der Waals surface area contributed by atoms with Gasteiger partial charge in [0.1, 0.15) is 0 Å². The quantitative estimate of drug-likeness (QED) is 0.774. The number of halogens is 3. The molecule has 2 aromatic carbocycles. The summed E-state index contributed by atoms with van der Waals surface area (Å²) in [6.07, 6.45) is 0. The minimum absolute atomic E-state index is 0.115. The van der Waals surface area contributed by atoms with Crippen LogP contribution in [0.4, 0.5) is 5.69 Å². The fourth-order valence-electron chi connectivity index (χ4n) is 1.97. The SMILES string of the molecule is CC(Nc1cccc(C(N)=O)c1)c1ccc(Cl)c(Cl)c1Cl. The summed E-state index contributed by atoms with van der Waals surface area (Å²) in [6.45, 7) is 1.93. The highest BCUT2D eigenvalue weighted by atomic mass is 35.5. The van der Waals surface area contributed by atoms with Gasteiger partial charge in [-0.2, -0.15) is 0 Å². The zero-order valence-electron chi connectivity index (χ0n) is 11.2. The molecule has 3 N–H and O–H groups in total. The highest BCUT2D eigenvalue weighted by molar-refractivity contribution is 6.48. The fraction of sp³-hybridized carbons (Fsp3) is 0.133. The van der Waals surface area contributed by atoms with Crippen molar-refractivity contribution in [3.8, 4) is 0 Å². The Morgan fingerprint density at radius 2 is 1.86 bits per heavy atom. The summed E-state index contributed by atoms with van der Waals surface area (Å²) < 4.78 is 0. The van der Waals surface area contributed by atoms with Crippen LogP contribution in [0, 0.1) is 0 Å². The lowest BCUT2D eigenvalue weighted by Gasteiger charge is -2.18. The van der Waals surface area contributed by atoms with Crippen LogP contribution in [0.25, 0.3) is 0 Å². The second-order valence-electron chi connectivity index (χ2n) is 4.58. The maximum Gasteiger partial charge on any atom is 0.248 e. The van der Waals surface area contributed by atoms with E-state index in [-0.39, 0.29) is 6.04 Å². The second-order valence-corrected chi connectivity index (χ2v) is 5.74. The molecule has 110 valence electrons. The minimum atomic E-state index is -0.473. The van der Waals surface area contributed by atoms with Gasteiger partial charge >= 0.3 is 0 Å². The van der Waals surface area contributed by atoms with Crippen LogP contribution in [0.2, 0.25) is 15.1 Å². The number of carbonyl (C=O) groups excluding carboxylic acids is 1. The number of primary amides is 1. The molecule has 0 saturated heterocycles. The fourth-order valence-corrected chi connectivity index (χ4v) is 2.67. The van der Waals surface area contributed by atoms with Crippen molar-refractivity contribution in [2.45, 2.75) is 13.0 Å². The van der Waals surface area contributed by atoms with Crippen molar-refractivity contribution in [1.29, 1.82) is 0 Å². The van der Waals surface area contributed by atoms with Gasteiger partial charge in [-0.3, -0.25) is 4.79 Å². The molecule has 0 radical (unpaired) electrons. The number of benzene rings is 2. The smallest absolute Gasteiger partial charge is 0.248 e. The maximum absolute atomic E-state index is 11.2. The van der Waals surface area contributed by atoms with Gasteiger partial charge in [0.15, 0.2) is 0 Å². The first kappa shape index (κ1) is 16.0. The summed E-state index contributed by atoms with van der Waals surface area (Å²) in [5.74, 6) is -0.473. The highest BCUT2D eigenvalue weighted by Crippen LogP contribution is 2.36. The molecule has 2 aromatic rings. The topological polar surface area (TPSA) is 55.1 Å². The van der Waals surface area contributed by atoms with Crippen LogP contribution < -0.4 is 11.1 Å². The third kappa shape index (κ3) is 3.62. The predicted octanol–water partition coefficient (Wildman–Crippen LogP) is 4.92. The molecular formula is C15H13Cl3N2O. The van der Waals surface area contributed by atoms with Crippen molar-refractivity contribution < 1.29 is 4.79 Å². The number of anilines is 1. The summed E-state index contributed by atoms with van der Waals surface area (Å²) in [5, 5.41) is 4.40. The summed E-state index contributed by atoms with van der Waals surface area (Å²) in [7, 11) is 0. The van der Waals surface area contributed by atoms with Gasteiger partial charge < -0.3 is 11.1 Å². The van der Waals surface area contributed by atoms with Gasteiger partial charge in [-0.05, 0) is 36.8 Å². The van der Waals surface area contributed by atoms with Gasteiger partial charge in [0.25, 0.3) is 0 Å². The number of carbonyl (C=O) groups is 1. The Morgan fingerprint density at radius 1 is 1.14 bits per heavy atom. The number of hydrogen-bond donors (Lipinski definition) is 2. The van der Waals surface area contributed by atoms with Gasteiger partial charge in [0.2, 0.25) is 5.91 Å². The number of hydrogen-bond acceptors (Lipinski definition) is 2. The molecule has 0 spiro atoms. The predicted molar refractivity (Wildman–Crippen MR) is 88.5 cm³/mol. The molecule has 1 atom stereocenters. The molecule has 21 heavy (non-hydrogen) atoms. The van der Waals surface area contributed by atoms with Crippen LogP contribution in [0.1, 0.15) is 28.9 Å². The van der Waals surface area contributed by atoms with Crippen LogP contribution in [-0.4, -0.2) is 5.91 Å². The van der Waals surface area contributed by atoms with E-state index >= 15 is 0 Å². The third-order valence-electron chi connectivity index (χ3n) is 3.06. The van der Waals surface area contributed by atoms with E-state index in [2.05, 4.69) is 5.32 Å². The van der Waals surface area contributed by atoms with Crippen LogP contribution in [0.15, 0.2) is 36.4 Å².